The third kappa shape index (κ3) is 5.25. The number of rotatable bonds is 6. The minimum Gasteiger partial charge on any atom is -0.295 e. The van der Waals surface area contributed by atoms with Crippen LogP contribution in [0.1, 0.15) is 31.1 Å². The average molecular weight is 316 g/mol. The highest BCUT2D eigenvalue weighted by Crippen LogP contribution is 2.30. The van der Waals surface area contributed by atoms with E-state index >= 15 is 0 Å². The molecule has 2 aromatic rings. The Balaban J connectivity index is 1.98. The molecule has 0 fully saturated rings. The predicted octanol–water partition coefficient (Wildman–Crippen LogP) is 5.79. The fraction of sp³-hybridized carbons (Fsp3) is 0.278. The Kier molecular flexibility index (Phi) is 5.95. The molecule has 1 nitrogen and oxygen atoms in total. The second-order valence-corrected chi connectivity index (χ2v) is 7.60. The maximum absolute atomic E-state index is 11.3. The van der Waals surface area contributed by atoms with E-state index in [9.17, 15) is 4.79 Å². The third-order valence-electron chi connectivity index (χ3n) is 2.90. The molecule has 0 aliphatic rings. The molecule has 0 unspecified atom stereocenters. The van der Waals surface area contributed by atoms with Crippen LogP contribution < -0.4 is 0 Å². The van der Waals surface area contributed by atoms with E-state index in [1.165, 1.54) is 9.79 Å². The van der Waals surface area contributed by atoms with Crippen molar-refractivity contribution in [1.29, 1.82) is 0 Å². The van der Waals surface area contributed by atoms with Gasteiger partial charge in [0.2, 0.25) is 0 Å². The summed E-state index contributed by atoms with van der Waals surface area (Å²) in [4.78, 5) is 14.9. The van der Waals surface area contributed by atoms with Crippen LogP contribution >= 0.6 is 23.5 Å². The van der Waals surface area contributed by atoms with Crippen LogP contribution in [0, 0.1) is 5.92 Å². The summed E-state index contributed by atoms with van der Waals surface area (Å²) >= 11 is 3.62. The van der Waals surface area contributed by atoms with Crippen LogP contribution in [0.4, 0.5) is 0 Å². The van der Waals surface area contributed by atoms with E-state index in [1.807, 2.05) is 36.0 Å². The molecule has 0 spiro atoms. The van der Waals surface area contributed by atoms with Gasteiger partial charge in [0.05, 0.1) is 0 Å². The van der Waals surface area contributed by atoms with Crippen molar-refractivity contribution < 1.29 is 4.79 Å². The van der Waals surface area contributed by atoms with Gasteiger partial charge in [-0.25, -0.2) is 0 Å². The Hall–Kier alpha value is -1.19. The molecule has 0 bridgehead atoms. The van der Waals surface area contributed by atoms with Crippen molar-refractivity contribution in [2.75, 3.05) is 5.75 Å². The molecule has 2 rings (SSSR count). The van der Waals surface area contributed by atoms with Gasteiger partial charge in [-0.3, -0.25) is 4.79 Å². The van der Waals surface area contributed by atoms with Crippen molar-refractivity contribution in [2.24, 2.45) is 5.92 Å². The molecule has 0 aliphatic heterocycles. The molecule has 0 aliphatic carbocycles. The van der Waals surface area contributed by atoms with E-state index in [4.69, 9.17) is 0 Å². The standard InChI is InChI=1S/C18H20OS2/c1-13(2)12-20-16-8-10-18(11-9-16)21-17-6-4-15(5-7-17)14(3)19/h4-11,13H,12H2,1-3H3. The molecular formula is C18H20OS2. The van der Waals surface area contributed by atoms with Gasteiger partial charge < -0.3 is 0 Å². The van der Waals surface area contributed by atoms with Gasteiger partial charge in [0.15, 0.2) is 5.78 Å². The van der Waals surface area contributed by atoms with E-state index < -0.39 is 0 Å². The maximum Gasteiger partial charge on any atom is 0.159 e. The van der Waals surface area contributed by atoms with Crippen LogP contribution in [0.3, 0.4) is 0 Å². The largest absolute Gasteiger partial charge is 0.295 e. The number of carbonyl (C=O) groups excluding carboxylic acids is 1. The number of ketones is 1. The lowest BCUT2D eigenvalue weighted by atomic mass is 10.2. The Labute approximate surface area is 135 Å². The minimum absolute atomic E-state index is 0.109. The summed E-state index contributed by atoms with van der Waals surface area (Å²) < 4.78 is 0. The highest BCUT2D eigenvalue weighted by molar-refractivity contribution is 7.99. The van der Waals surface area contributed by atoms with Gasteiger partial charge in [-0.1, -0.05) is 37.7 Å². The molecule has 110 valence electrons. The van der Waals surface area contributed by atoms with Crippen molar-refractivity contribution in [2.45, 2.75) is 35.5 Å². The van der Waals surface area contributed by atoms with Crippen LogP contribution in [-0.4, -0.2) is 11.5 Å². The van der Waals surface area contributed by atoms with Gasteiger partial charge in [-0.15, -0.1) is 11.8 Å². The van der Waals surface area contributed by atoms with Gasteiger partial charge in [-0.05, 0) is 49.2 Å². The van der Waals surface area contributed by atoms with E-state index in [1.54, 1.807) is 18.7 Å². The number of hydrogen-bond acceptors (Lipinski definition) is 3. The maximum atomic E-state index is 11.3. The second-order valence-electron chi connectivity index (χ2n) is 5.36. The Morgan fingerprint density at radius 3 is 1.86 bits per heavy atom. The summed E-state index contributed by atoms with van der Waals surface area (Å²) in [5.74, 6) is 1.97. The van der Waals surface area contributed by atoms with Crippen LogP contribution in [-0.2, 0) is 0 Å². The summed E-state index contributed by atoms with van der Waals surface area (Å²) in [6.07, 6.45) is 0. The highest BCUT2D eigenvalue weighted by Gasteiger charge is 2.02. The van der Waals surface area contributed by atoms with Crippen molar-refractivity contribution in [3.63, 3.8) is 0 Å². The van der Waals surface area contributed by atoms with E-state index in [0.29, 0.717) is 5.92 Å². The van der Waals surface area contributed by atoms with Crippen LogP contribution in [0.25, 0.3) is 0 Å². The zero-order valence-electron chi connectivity index (χ0n) is 12.6. The first-order valence-corrected chi connectivity index (χ1v) is 8.86. The number of Topliss-reactive ketones (excluding diaryl/α,β-unsaturated/α-hetero) is 1. The average Bonchev–Trinajstić information content (AvgIpc) is 2.47. The fourth-order valence-electron chi connectivity index (χ4n) is 1.76. The number of benzene rings is 2. The van der Waals surface area contributed by atoms with Gasteiger partial charge >= 0.3 is 0 Å². The van der Waals surface area contributed by atoms with Gasteiger partial charge in [0.1, 0.15) is 0 Å². The first kappa shape index (κ1) is 16.2. The predicted molar refractivity (Wildman–Crippen MR) is 92.6 cm³/mol. The Bertz CT molecular complexity index is 586. The summed E-state index contributed by atoms with van der Waals surface area (Å²) in [5.41, 5.74) is 0.764. The second kappa shape index (κ2) is 7.71. The summed E-state index contributed by atoms with van der Waals surface area (Å²) in [6, 6.07) is 16.5. The Morgan fingerprint density at radius 1 is 0.905 bits per heavy atom. The number of carbonyl (C=O) groups is 1. The van der Waals surface area contributed by atoms with Crippen molar-refractivity contribution in [3.05, 3.63) is 54.1 Å². The van der Waals surface area contributed by atoms with Crippen LogP contribution in [0.15, 0.2) is 63.2 Å². The first-order valence-electron chi connectivity index (χ1n) is 7.06. The molecule has 0 radical (unpaired) electrons. The first-order chi connectivity index (χ1) is 10.0. The molecule has 0 heterocycles. The zero-order valence-corrected chi connectivity index (χ0v) is 14.3. The van der Waals surface area contributed by atoms with Gasteiger partial charge in [0.25, 0.3) is 0 Å². The highest BCUT2D eigenvalue weighted by atomic mass is 32.2. The molecular weight excluding hydrogens is 296 g/mol. The van der Waals surface area contributed by atoms with Crippen LogP contribution in [0.5, 0.6) is 0 Å². The monoisotopic (exact) mass is 316 g/mol. The molecule has 21 heavy (non-hydrogen) atoms. The quantitative estimate of drug-likeness (QED) is 0.496. The van der Waals surface area contributed by atoms with E-state index in [0.717, 1.165) is 16.2 Å². The minimum atomic E-state index is 0.109. The summed E-state index contributed by atoms with van der Waals surface area (Å²) in [7, 11) is 0. The van der Waals surface area contributed by atoms with Gasteiger partial charge in [-0.2, -0.15) is 0 Å². The molecule has 2 aromatic carbocycles. The van der Waals surface area contributed by atoms with Crippen molar-refractivity contribution in [1.82, 2.24) is 0 Å². The lowest BCUT2D eigenvalue weighted by molar-refractivity contribution is 0.101. The fourth-order valence-corrected chi connectivity index (χ4v) is 3.43. The van der Waals surface area contributed by atoms with Crippen LogP contribution in [0.2, 0.25) is 0 Å². The smallest absolute Gasteiger partial charge is 0.159 e. The molecule has 0 N–H and O–H groups in total. The SMILES string of the molecule is CC(=O)c1ccc(Sc2ccc(SCC(C)C)cc2)cc1. The summed E-state index contributed by atoms with van der Waals surface area (Å²) in [6.45, 7) is 6.07. The molecule has 3 heteroatoms. The van der Waals surface area contributed by atoms with E-state index in [2.05, 4.69) is 38.1 Å². The molecule has 0 aromatic heterocycles. The Morgan fingerprint density at radius 2 is 1.38 bits per heavy atom. The topological polar surface area (TPSA) is 17.1 Å². The van der Waals surface area contributed by atoms with Crippen molar-refractivity contribution in [3.8, 4) is 0 Å². The lowest BCUT2D eigenvalue weighted by Crippen LogP contribution is -1.90. The van der Waals surface area contributed by atoms with Gasteiger partial charge in [0, 0.05) is 26.0 Å². The van der Waals surface area contributed by atoms with Crippen molar-refractivity contribution >= 4 is 29.3 Å². The third-order valence-corrected chi connectivity index (χ3v) is 5.36. The molecule has 0 saturated heterocycles. The lowest BCUT2D eigenvalue weighted by Gasteiger charge is -2.06. The van der Waals surface area contributed by atoms with E-state index in [-0.39, 0.29) is 5.78 Å². The molecule has 0 saturated carbocycles. The number of hydrogen-bond donors (Lipinski definition) is 0. The molecule has 0 amide bonds. The summed E-state index contributed by atoms with van der Waals surface area (Å²) in [5, 5.41) is 0. The molecule has 0 atom stereocenters. The zero-order chi connectivity index (χ0) is 15.2. The number of thioether (sulfide) groups is 1. The normalized spacial score (nSPS) is 10.9.